The molecule has 0 radical (unpaired) electrons. The molecule has 1 aliphatic carbocycles. The molecule has 0 aromatic heterocycles. The van der Waals surface area contributed by atoms with Gasteiger partial charge in [0, 0.05) is 0 Å². The summed E-state index contributed by atoms with van der Waals surface area (Å²) in [6.07, 6.45) is 6.07. The monoisotopic (exact) mass is 242 g/mol. The minimum atomic E-state index is -0.583. The Morgan fingerprint density at radius 1 is 1.29 bits per heavy atom. The lowest BCUT2D eigenvalue weighted by Crippen LogP contribution is -2.32. The molecule has 1 aliphatic rings. The van der Waals surface area contributed by atoms with E-state index in [0.29, 0.717) is 12.9 Å². The minimum Gasteiger partial charge on any atom is -0.468 e. The molecule has 0 heterocycles. The van der Waals surface area contributed by atoms with Gasteiger partial charge in [-0.25, -0.2) is 0 Å². The molecule has 4 nitrogen and oxygen atoms in total. The second kappa shape index (κ2) is 6.62. The SMILES string of the molecule is CC(C)(CCOC=O)C(=O)OC1CCCCC1. The van der Waals surface area contributed by atoms with E-state index in [1.165, 1.54) is 6.42 Å². The Balaban J connectivity index is 2.35. The van der Waals surface area contributed by atoms with Crippen LogP contribution in [0.3, 0.4) is 0 Å². The number of carbonyl (C=O) groups is 2. The highest BCUT2D eigenvalue weighted by atomic mass is 16.5. The maximum atomic E-state index is 12.0. The zero-order valence-electron chi connectivity index (χ0n) is 10.7. The van der Waals surface area contributed by atoms with Gasteiger partial charge in [0.25, 0.3) is 6.47 Å². The van der Waals surface area contributed by atoms with Crippen molar-refractivity contribution in [1.82, 2.24) is 0 Å². The molecule has 0 atom stereocenters. The average Bonchev–Trinajstić information content (AvgIpc) is 2.30. The molecule has 0 amide bonds. The highest BCUT2D eigenvalue weighted by Gasteiger charge is 2.31. The van der Waals surface area contributed by atoms with Gasteiger partial charge in [-0.05, 0) is 46.0 Å². The Labute approximate surface area is 103 Å². The molecule has 1 saturated carbocycles. The summed E-state index contributed by atoms with van der Waals surface area (Å²) in [6.45, 7) is 4.32. The Hall–Kier alpha value is -1.06. The predicted molar refractivity (Wildman–Crippen MR) is 63.4 cm³/mol. The Bertz CT molecular complexity index is 254. The smallest absolute Gasteiger partial charge is 0.311 e. The lowest BCUT2D eigenvalue weighted by molar-refractivity contribution is -0.162. The van der Waals surface area contributed by atoms with E-state index < -0.39 is 5.41 Å². The third-order valence-electron chi connectivity index (χ3n) is 3.29. The molecule has 0 bridgehead atoms. The van der Waals surface area contributed by atoms with Crippen LogP contribution in [0.15, 0.2) is 0 Å². The average molecular weight is 242 g/mol. The molecule has 0 saturated heterocycles. The summed E-state index contributed by atoms with van der Waals surface area (Å²) in [4.78, 5) is 22.0. The maximum Gasteiger partial charge on any atom is 0.311 e. The van der Waals surface area contributed by atoms with Crippen LogP contribution in [0.1, 0.15) is 52.4 Å². The number of carbonyl (C=O) groups excluding carboxylic acids is 2. The standard InChI is InChI=1S/C13H22O4/c1-13(2,8-9-16-10-14)12(15)17-11-6-4-3-5-7-11/h10-11H,3-9H2,1-2H3. The highest BCUT2D eigenvalue weighted by Crippen LogP contribution is 2.27. The largest absolute Gasteiger partial charge is 0.468 e. The van der Waals surface area contributed by atoms with E-state index in [1.54, 1.807) is 0 Å². The molecular formula is C13H22O4. The van der Waals surface area contributed by atoms with E-state index >= 15 is 0 Å². The Morgan fingerprint density at radius 2 is 1.94 bits per heavy atom. The highest BCUT2D eigenvalue weighted by molar-refractivity contribution is 5.76. The van der Waals surface area contributed by atoms with Crippen molar-refractivity contribution in [3.05, 3.63) is 0 Å². The molecule has 1 rings (SSSR count). The van der Waals surface area contributed by atoms with Gasteiger partial charge in [0.05, 0.1) is 12.0 Å². The van der Waals surface area contributed by atoms with Crippen LogP contribution in [0.5, 0.6) is 0 Å². The quantitative estimate of drug-likeness (QED) is 0.408. The molecule has 17 heavy (non-hydrogen) atoms. The normalized spacial score (nSPS) is 17.5. The van der Waals surface area contributed by atoms with Crippen molar-refractivity contribution in [2.24, 2.45) is 5.41 Å². The predicted octanol–water partition coefficient (Wildman–Crippen LogP) is 2.45. The van der Waals surface area contributed by atoms with Gasteiger partial charge in [0.1, 0.15) is 6.10 Å². The summed E-state index contributed by atoms with van der Waals surface area (Å²) >= 11 is 0. The van der Waals surface area contributed by atoms with Crippen molar-refractivity contribution >= 4 is 12.4 Å². The third kappa shape index (κ3) is 4.75. The lowest BCUT2D eigenvalue weighted by atomic mass is 9.89. The lowest BCUT2D eigenvalue weighted by Gasteiger charge is -2.28. The van der Waals surface area contributed by atoms with Crippen molar-refractivity contribution < 1.29 is 19.1 Å². The Kier molecular flexibility index (Phi) is 5.45. The summed E-state index contributed by atoms with van der Waals surface area (Å²) < 4.78 is 10.1. The van der Waals surface area contributed by atoms with Gasteiger partial charge < -0.3 is 9.47 Å². The van der Waals surface area contributed by atoms with E-state index in [9.17, 15) is 9.59 Å². The number of hydrogen-bond donors (Lipinski definition) is 0. The van der Waals surface area contributed by atoms with E-state index in [2.05, 4.69) is 4.74 Å². The van der Waals surface area contributed by atoms with Crippen molar-refractivity contribution in [1.29, 1.82) is 0 Å². The first-order chi connectivity index (χ1) is 8.06. The summed E-state index contributed by atoms with van der Waals surface area (Å²) in [5.41, 5.74) is -0.583. The first kappa shape index (κ1) is 14.0. The molecule has 98 valence electrons. The van der Waals surface area contributed by atoms with Crippen LogP contribution in [-0.4, -0.2) is 25.2 Å². The van der Waals surface area contributed by atoms with Crippen LogP contribution < -0.4 is 0 Å². The zero-order valence-corrected chi connectivity index (χ0v) is 10.7. The fourth-order valence-electron chi connectivity index (χ4n) is 1.96. The first-order valence-electron chi connectivity index (χ1n) is 6.32. The van der Waals surface area contributed by atoms with Gasteiger partial charge >= 0.3 is 5.97 Å². The third-order valence-corrected chi connectivity index (χ3v) is 3.29. The van der Waals surface area contributed by atoms with Gasteiger partial charge in [-0.3, -0.25) is 9.59 Å². The van der Waals surface area contributed by atoms with Gasteiger partial charge in [0.15, 0.2) is 0 Å². The van der Waals surface area contributed by atoms with Crippen LogP contribution in [0, 0.1) is 5.41 Å². The molecule has 0 unspecified atom stereocenters. The summed E-state index contributed by atoms with van der Waals surface area (Å²) in [5.74, 6) is -0.182. The Morgan fingerprint density at radius 3 is 2.53 bits per heavy atom. The molecule has 1 fully saturated rings. The molecule has 0 N–H and O–H groups in total. The number of esters is 1. The summed E-state index contributed by atoms with van der Waals surface area (Å²) in [5, 5.41) is 0. The van der Waals surface area contributed by atoms with Crippen molar-refractivity contribution in [2.75, 3.05) is 6.61 Å². The summed E-state index contributed by atoms with van der Waals surface area (Å²) in [7, 11) is 0. The van der Waals surface area contributed by atoms with Crippen LogP contribution >= 0.6 is 0 Å². The second-order valence-corrected chi connectivity index (χ2v) is 5.27. The van der Waals surface area contributed by atoms with Crippen molar-refractivity contribution in [2.45, 2.75) is 58.5 Å². The fourth-order valence-corrected chi connectivity index (χ4v) is 1.96. The number of rotatable bonds is 6. The van der Waals surface area contributed by atoms with Crippen molar-refractivity contribution in [3.8, 4) is 0 Å². The summed E-state index contributed by atoms with van der Waals surface area (Å²) in [6, 6.07) is 0. The molecule has 4 heteroatoms. The molecular weight excluding hydrogens is 220 g/mol. The zero-order chi connectivity index (χ0) is 12.7. The van der Waals surface area contributed by atoms with Gasteiger partial charge in [0.2, 0.25) is 0 Å². The number of ether oxygens (including phenoxy) is 2. The topological polar surface area (TPSA) is 52.6 Å². The van der Waals surface area contributed by atoms with Gasteiger partial charge in [-0.2, -0.15) is 0 Å². The van der Waals surface area contributed by atoms with Crippen LogP contribution in [0.4, 0.5) is 0 Å². The van der Waals surface area contributed by atoms with Gasteiger partial charge in [-0.15, -0.1) is 0 Å². The van der Waals surface area contributed by atoms with Crippen LogP contribution in [0.2, 0.25) is 0 Å². The molecule has 0 spiro atoms. The van der Waals surface area contributed by atoms with E-state index in [0.717, 1.165) is 25.7 Å². The van der Waals surface area contributed by atoms with Crippen LogP contribution in [0.25, 0.3) is 0 Å². The van der Waals surface area contributed by atoms with E-state index in [4.69, 9.17) is 4.74 Å². The molecule has 0 aliphatic heterocycles. The molecule has 0 aromatic rings. The molecule has 0 aromatic carbocycles. The van der Waals surface area contributed by atoms with Crippen LogP contribution in [-0.2, 0) is 19.1 Å². The van der Waals surface area contributed by atoms with E-state index in [-0.39, 0.29) is 18.7 Å². The van der Waals surface area contributed by atoms with Crippen molar-refractivity contribution in [3.63, 3.8) is 0 Å². The second-order valence-electron chi connectivity index (χ2n) is 5.27. The van der Waals surface area contributed by atoms with E-state index in [1.807, 2.05) is 13.8 Å². The minimum absolute atomic E-state index is 0.0857. The van der Waals surface area contributed by atoms with Gasteiger partial charge in [-0.1, -0.05) is 6.42 Å². The fraction of sp³-hybridized carbons (Fsp3) is 0.846. The maximum absolute atomic E-state index is 12.0. The number of hydrogen-bond acceptors (Lipinski definition) is 4. The first-order valence-corrected chi connectivity index (χ1v) is 6.32.